The Balaban J connectivity index is 2.39. The zero-order chi connectivity index (χ0) is 14.0. The maximum absolute atomic E-state index is 9.44. The second-order valence-electron chi connectivity index (χ2n) is 4.54. The molecule has 100 valence electrons. The number of pyridine rings is 1. The van der Waals surface area contributed by atoms with Crippen LogP contribution in [0.5, 0.6) is 11.6 Å². The van der Waals surface area contributed by atoms with Gasteiger partial charge in [-0.1, -0.05) is 15.9 Å². The third-order valence-corrected chi connectivity index (χ3v) is 3.83. The summed E-state index contributed by atoms with van der Waals surface area (Å²) in [5.74, 6) is 1.19. The van der Waals surface area contributed by atoms with Gasteiger partial charge < -0.3 is 9.84 Å². The molecule has 2 aromatic rings. The van der Waals surface area contributed by atoms with Crippen LogP contribution in [0.15, 0.2) is 28.7 Å². The second kappa shape index (κ2) is 5.72. The molecule has 3 nitrogen and oxygen atoms in total. The van der Waals surface area contributed by atoms with E-state index in [0.29, 0.717) is 11.6 Å². The van der Waals surface area contributed by atoms with Gasteiger partial charge in [0.2, 0.25) is 5.88 Å². The smallest absolute Gasteiger partial charge is 0.225 e. The summed E-state index contributed by atoms with van der Waals surface area (Å²) in [4.78, 5) is 4.36. The Bertz CT molecular complexity index is 611. The normalized spacial score (nSPS) is 10.6. The lowest BCUT2D eigenvalue weighted by molar-refractivity contribution is 0.274. The van der Waals surface area contributed by atoms with Crippen molar-refractivity contribution >= 4 is 15.9 Å². The number of benzene rings is 1. The number of aromatic nitrogens is 1. The maximum Gasteiger partial charge on any atom is 0.225 e. The minimum atomic E-state index is -0.0794. The molecule has 0 aliphatic rings. The molecule has 1 heterocycles. The number of halogens is 1. The molecule has 0 atom stereocenters. The lowest BCUT2D eigenvalue weighted by Crippen LogP contribution is -2.00. The number of hydrogen-bond acceptors (Lipinski definition) is 3. The fourth-order valence-corrected chi connectivity index (χ4v) is 2.14. The Hall–Kier alpha value is -1.39. The van der Waals surface area contributed by atoms with Crippen LogP contribution in [0.4, 0.5) is 0 Å². The number of ether oxygens (including phenoxy) is 1. The summed E-state index contributed by atoms with van der Waals surface area (Å²) in [7, 11) is 0. The molecule has 2 rings (SSSR count). The van der Waals surface area contributed by atoms with Gasteiger partial charge in [0.25, 0.3) is 0 Å². The molecule has 0 amide bonds. The molecule has 4 heteroatoms. The van der Waals surface area contributed by atoms with Gasteiger partial charge in [-0.2, -0.15) is 0 Å². The Morgan fingerprint density at radius 1 is 1.16 bits per heavy atom. The van der Waals surface area contributed by atoms with Crippen LogP contribution in [0, 0.1) is 20.8 Å². The van der Waals surface area contributed by atoms with E-state index in [1.165, 1.54) is 0 Å². The molecule has 1 N–H and O–H groups in total. The van der Waals surface area contributed by atoms with E-state index in [1.807, 2.05) is 45.0 Å². The average molecular weight is 322 g/mol. The predicted molar refractivity (Wildman–Crippen MR) is 78.6 cm³/mol. The molecule has 0 saturated carbocycles. The summed E-state index contributed by atoms with van der Waals surface area (Å²) in [5.41, 5.74) is 3.68. The fourth-order valence-electron chi connectivity index (χ4n) is 1.90. The Morgan fingerprint density at radius 3 is 2.53 bits per heavy atom. The number of hydrogen-bond donors (Lipinski definition) is 1. The largest absolute Gasteiger partial charge is 0.439 e. The van der Waals surface area contributed by atoms with Crippen LogP contribution in [-0.2, 0) is 6.61 Å². The second-order valence-corrected chi connectivity index (χ2v) is 5.39. The summed E-state index contributed by atoms with van der Waals surface area (Å²) < 4.78 is 6.84. The number of aliphatic hydroxyl groups excluding tert-OH is 1. The quantitative estimate of drug-likeness (QED) is 0.927. The van der Waals surface area contributed by atoms with Crippen LogP contribution in [0.25, 0.3) is 0 Å². The van der Waals surface area contributed by atoms with Crippen molar-refractivity contribution in [1.29, 1.82) is 0 Å². The van der Waals surface area contributed by atoms with E-state index in [4.69, 9.17) is 4.74 Å². The summed E-state index contributed by atoms with van der Waals surface area (Å²) >= 11 is 3.45. The van der Waals surface area contributed by atoms with Gasteiger partial charge in [0.1, 0.15) is 5.75 Å². The first-order valence-corrected chi connectivity index (χ1v) is 6.82. The van der Waals surface area contributed by atoms with Crippen molar-refractivity contribution in [3.05, 3.63) is 51.1 Å². The SMILES string of the molecule is Cc1cc(C)c(CO)c(Oc2ccc(Br)c(C)c2)n1. The molecule has 19 heavy (non-hydrogen) atoms. The van der Waals surface area contributed by atoms with Crippen LogP contribution in [0.2, 0.25) is 0 Å². The van der Waals surface area contributed by atoms with Gasteiger partial charge in [-0.25, -0.2) is 4.98 Å². The number of aliphatic hydroxyl groups is 1. The number of aryl methyl sites for hydroxylation is 3. The summed E-state index contributed by atoms with van der Waals surface area (Å²) in [5, 5.41) is 9.44. The highest BCUT2D eigenvalue weighted by Gasteiger charge is 2.10. The summed E-state index contributed by atoms with van der Waals surface area (Å²) in [6, 6.07) is 7.68. The summed E-state index contributed by atoms with van der Waals surface area (Å²) in [6.45, 7) is 5.77. The fraction of sp³-hybridized carbons (Fsp3) is 0.267. The third kappa shape index (κ3) is 3.14. The highest BCUT2D eigenvalue weighted by atomic mass is 79.9. The first-order chi connectivity index (χ1) is 9.01. The van der Waals surface area contributed by atoms with Crippen molar-refractivity contribution in [3.8, 4) is 11.6 Å². The van der Waals surface area contributed by atoms with E-state index in [1.54, 1.807) is 0 Å². The van der Waals surface area contributed by atoms with Crippen molar-refractivity contribution in [1.82, 2.24) is 4.98 Å². The monoisotopic (exact) mass is 321 g/mol. The van der Waals surface area contributed by atoms with Crippen molar-refractivity contribution in [2.45, 2.75) is 27.4 Å². The molecular formula is C15H16BrNO2. The van der Waals surface area contributed by atoms with E-state index in [9.17, 15) is 5.11 Å². The Labute approximate surface area is 121 Å². The number of nitrogens with zero attached hydrogens (tertiary/aromatic N) is 1. The van der Waals surface area contributed by atoms with E-state index < -0.39 is 0 Å². The molecule has 1 aromatic carbocycles. The van der Waals surface area contributed by atoms with Crippen LogP contribution in [0.1, 0.15) is 22.4 Å². The van der Waals surface area contributed by atoms with Crippen molar-refractivity contribution in [3.63, 3.8) is 0 Å². The van der Waals surface area contributed by atoms with E-state index in [-0.39, 0.29) is 6.61 Å². The lowest BCUT2D eigenvalue weighted by atomic mass is 10.1. The van der Waals surface area contributed by atoms with Gasteiger partial charge in [0.05, 0.1) is 6.61 Å². The minimum absolute atomic E-state index is 0.0794. The third-order valence-electron chi connectivity index (χ3n) is 2.94. The van der Waals surface area contributed by atoms with E-state index in [2.05, 4.69) is 20.9 Å². The van der Waals surface area contributed by atoms with Crippen molar-refractivity contribution in [2.24, 2.45) is 0 Å². The van der Waals surface area contributed by atoms with Gasteiger partial charge in [0, 0.05) is 15.7 Å². The molecule has 0 unspecified atom stereocenters. The van der Waals surface area contributed by atoms with Crippen LogP contribution < -0.4 is 4.74 Å². The minimum Gasteiger partial charge on any atom is -0.439 e. The average Bonchev–Trinajstić information content (AvgIpc) is 2.33. The van der Waals surface area contributed by atoms with Gasteiger partial charge in [-0.15, -0.1) is 0 Å². The number of rotatable bonds is 3. The zero-order valence-electron chi connectivity index (χ0n) is 11.2. The van der Waals surface area contributed by atoms with Gasteiger partial charge in [-0.3, -0.25) is 0 Å². The van der Waals surface area contributed by atoms with Gasteiger partial charge in [-0.05, 0) is 56.2 Å². The Morgan fingerprint density at radius 2 is 1.89 bits per heavy atom. The van der Waals surface area contributed by atoms with Crippen LogP contribution in [-0.4, -0.2) is 10.1 Å². The van der Waals surface area contributed by atoms with Gasteiger partial charge >= 0.3 is 0 Å². The highest BCUT2D eigenvalue weighted by molar-refractivity contribution is 9.10. The summed E-state index contributed by atoms with van der Waals surface area (Å²) in [6.07, 6.45) is 0. The Kier molecular flexibility index (Phi) is 4.22. The van der Waals surface area contributed by atoms with E-state index in [0.717, 1.165) is 26.9 Å². The molecule has 0 saturated heterocycles. The van der Waals surface area contributed by atoms with Crippen molar-refractivity contribution < 1.29 is 9.84 Å². The first kappa shape index (κ1) is 14.0. The predicted octanol–water partition coefficient (Wildman–Crippen LogP) is 4.05. The first-order valence-electron chi connectivity index (χ1n) is 6.03. The maximum atomic E-state index is 9.44. The zero-order valence-corrected chi connectivity index (χ0v) is 12.8. The van der Waals surface area contributed by atoms with E-state index >= 15 is 0 Å². The van der Waals surface area contributed by atoms with Crippen molar-refractivity contribution in [2.75, 3.05) is 0 Å². The topological polar surface area (TPSA) is 42.4 Å². The molecule has 1 aromatic heterocycles. The van der Waals surface area contributed by atoms with Gasteiger partial charge in [0.15, 0.2) is 0 Å². The standard InChI is InChI=1S/C15H16BrNO2/c1-9-6-11(3)17-15(13(9)8-18)19-12-4-5-14(16)10(2)7-12/h4-7,18H,8H2,1-3H3. The van der Waals surface area contributed by atoms with Crippen LogP contribution >= 0.6 is 15.9 Å². The highest BCUT2D eigenvalue weighted by Crippen LogP contribution is 2.29. The molecule has 0 fully saturated rings. The molecule has 0 aliphatic heterocycles. The molecule has 0 spiro atoms. The van der Waals surface area contributed by atoms with Crippen LogP contribution in [0.3, 0.4) is 0 Å². The molecular weight excluding hydrogens is 306 g/mol. The molecule has 0 radical (unpaired) electrons. The molecule has 0 aliphatic carbocycles. The molecule has 0 bridgehead atoms. The lowest BCUT2D eigenvalue weighted by Gasteiger charge is -2.12.